The first-order chi connectivity index (χ1) is 8.97. The van der Waals surface area contributed by atoms with Gasteiger partial charge in [0.1, 0.15) is 0 Å². The van der Waals surface area contributed by atoms with E-state index < -0.39 is 5.97 Å². The van der Waals surface area contributed by atoms with Gasteiger partial charge >= 0.3 is 5.97 Å². The maximum Gasteiger partial charge on any atom is 0.358 e. The number of hydrogen-bond acceptors (Lipinski definition) is 4. The maximum atomic E-state index is 10.6. The molecular weight excluding hydrogens is 314 g/mol. The molecule has 100 valence electrons. The Balaban J connectivity index is 2.09. The summed E-state index contributed by atoms with van der Waals surface area (Å²) in [5, 5.41) is 16.1. The Morgan fingerprint density at radius 2 is 1.89 bits per heavy atom. The van der Waals surface area contributed by atoms with Gasteiger partial charge in [0.2, 0.25) is 0 Å². The number of rotatable bonds is 4. The summed E-state index contributed by atoms with van der Waals surface area (Å²) in [6.45, 7) is 0.220. The zero-order chi connectivity index (χ0) is 14.0. The van der Waals surface area contributed by atoms with E-state index in [1.54, 1.807) is 6.07 Å². The zero-order valence-electron chi connectivity index (χ0n) is 9.28. The molecule has 1 heterocycles. The van der Waals surface area contributed by atoms with E-state index >= 15 is 0 Å². The van der Waals surface area contributed by atoms with E-state index in [-0.39, 0.29) is 12.2 Å². The molecule has 8 heteroatoms. The molecule has 0 atom stereocenters. The van der Waals surface area contributed by atoms with Crippen LogP contribution in [-0.2, 0) is 6.54 Å². The lowest BCUT2D eigenvalue weighted by atomic mass is 10.3. The van der Waals surface area contributed by atoms with E-state index in [2.05, 4.69) is 10.5 Å². The molecule has 1 aromatic heterocycles. The van der Waals surface area contributed by atoms with Crippen LogP contribution in [0.4, 0.5) is 5.69 Å². The van der Waals surface area contributed by atoms with Gasteiger partial charge in [0.15, 0.2) is 11.5 Å². The van der Waals surface area contributed by atoms with E-state index in [4.69, 9.17) is 44.4 Å². The average molecular weight is 322 g/mol. The maximum absolute atomic E-state index is 10.6. The minimum Gasteiger partial charge on any atom is -0.476 e. The molecular formula is C11H7Cl3N2O3. The number of carbonyl (C=O) groups is 1. The zero-order valence-corrected chi connectivity index (χ0v) is 11.6. The number of anilines is 1. The van der Waals surface area contributed by atoms with Crippen molar-refractivity contribution in [1.82, 2.24) is 5.16 Å². The molecule has 5 nitrogen and oxygen atoms in total. The minimum absolute atomic E-state index is 0.156. The molecule has 0 unspecified atom stereocenters. The molecule has 0 aliphatic rings. The Morgan fingerprint density at radius 3 is 2.53 bits per heavy atom. The normalized spacial score (nSPS) is 10.5. The lowest BCUT2D eigenvalue weighted by molar-refractivity contribution is 0.0685. The highest BCUT2D eigenvalue weighted by atomic mass is 35.5. The first kappa shape index (κ1) is 14.0. The molecule has 0 spiro atoms. The van der Waals surface area contributed by atoms with E-state index in [0.29, 0.717) is 26.5 Å². The highest BCUT2D eigenvalue weighted by Crippen LogP contribution is 2.32. The van der Waals surface area contributed by atoms with Gasteiger partial charge in [-0.3, -0.25) is 0 Å². The second-order valence-electron chi connectivity index (χ2n) is 3.58. The topological polar surface area (TPSA) is 75.4 Å². The molecule has 19 heavy (non-hydrogen) atoms. The third kappa shape index (κ3) is 3.32. The number of aromatic carboxylic acids is 1. The van der Waals surface area contributed by atoms with Crippen LogP contribution in [0.5, 0.6) is 0 Å². The van der Waals surface area contributed by atoms with Crippen molar-refractivity contribution in [2.75, 3.05) is 5.32 Å². The fraction of sp³-hybridized carbons (Fsp3) is 0.0909. The monoisotopic (exact) mass is 320 g/mol. The Hall–Kier alpha value is -1.43. The molecule has 0 aliphatic heterocycles. The van der Waals surface area contributed by atoms with E-state index in [0.717, 1.165) is 0 Å². The molecule has 0 saturated heterocycles. The van der Waals surface area contributed by atoms with Crippen LogP contribution < -0.4 is 5.32 Å². The van der Waals surface area contributed by atoms with Crippen molar-refractivity contribution in [3.8, 4) is 0 Å². The lowest BCUT2D eigenvalue weighted by Gasteiger charge is -2.07. The van der Waals surface area contributed by atoms with Gasteiger partial charge in [-0.1, -0.05) is 40.0 Å². The number of carboxylic acids is 1. The summed E-state index contributed by atoms with van der Waals surface area (Å²) in [5.41, 5.74) is 0.404. The minimum atomic E-state index is -1.15. The summed E-state index contributed by atoms with van der Waals surface area (Å²) >= 11 is 17.6. The van der Waals surface area contributed by atoms with E-state index in [1.807, 2.05) is 0 Å². The van der Waals surface area contributed by atoms with Crippen molar-refractivity contribution >= 4 is 46.5 Å². The second-order valence-corrected chi connectivity index (χ2v) is 4.80. The first-order valence-electron chi connectivity index (χ1n) is 5.04. The third-order valence-corrected chi connectivity index (χ3v) is 3.28. The van der Waals surface area contributed by atoms with Crippen molar-refractivity contribution in [2.45, 2.75) is 6.54 Å². The molecule has 0 bridgehead atoms. The van der Waals surface area contributed by atoms with Crippen LogP contribution >= 0.6 is 34.8 Å². The van der Waals surface area contributed by atoms with Gasteiger partial charge in [-0.25, -0.2) is 4.79 Å². The van der Waals surface area contributed by atoms with Crippen molar-refractivity contribution < 1.29 is 14.4 Å². The summed E-state index contributed by atoms with van der Waals surface area (Å²) in [7, 11) is 0. The Morgan fingerprint density at radius 1 is 1.21 bits per heavy atom. The van der Waals surface area contributed by atoms with Crippen LogP contribution in [0, 0.1) is 0 Å². The van der Waals surface area contributed by atoms with Gasteiger partial charge in [0, 0.05) is 6.07 Å². The van der Waals surface area contributed by atoms with Crippen LogP contribution in [0.2, 0.25) is 15.1 Å². The highest BCUT2D eigenvalue weighted by molar-refractivity contribution is 6.44. The Bertz CT molecular complexity index is 628. The molecule has 1 aromatic carbocycles. The van der Waals surface area contributed by atoms with Gasteiger partial charge in [-0.15, -0.1) is 0 Å². The van der Waals surface area contributed by atoms with Crippen LogP contribution in [0.1, 0.15) is 16.2 Å². The average Bonchev–Trinajstić information content (AvgIpc) is 2.81. The molecule has 0 fully saturated rings. The van der Waals surface area contributed by atoms with Gasteiger partial charge in [0.05, 0.1) is 27.3 Å². The Kier molecular flexibility index (Phi) is 4.19. The summed E-state index contributed by atoms with van der Waals surface area (Å²) in [6.07, 6.45) is 0. The van der Waals surface area contributed by atoms with E-state index in [9.17, 15) is 4.79 Å². The van der Waals surface area contributed by atoms with Crippen LogP contribution in [0.25, 0.3) is 0 Å². The van der Waals surface area contributed by atoms with Crippen LogP contribution in [0.15, 0.2) is 22.7 Å². The number of nitrogens with zero attached hydrogens (tertiary/aromatic N) is 1. The fourth-order valence-corrected chi connectivity index (χ4v) is 1.95. The molecule has 2 N–H and O–H groups in total. The van der Waals surface area contributed by atoms with Crippen molar-refractivity contribution in [3.05, 3.63) is 44.7 Å². The fourth-order valence-electron chi connectivity index (χ4n) is 1.34. The number of halogens is 3. The molecule has 0 saturated carbocycles. The first-order valence-corrected chi connectivity index (χ1v) is 6.18. The molecule has 0 radical (unpaired) electrons. The van der Waals surface area contributed by atoms with Crippen molar-refractivity contribution in [1.29, 1.82) is 0 Å². The predicted octanol–water partition coefficient (Wildman–Crippen LogP) is 3.95. The summed E-state index contributed by atoms with van der Waals surface area (Å²) in [5.74, 6) is -0.790. The third-order valence-electron chi connectivity index (χ3n) is 2.24. The number of benzene rings is 1. The number of nitrogens with one attached hydrogen (secondary N) is 1. The van der Waals surface area contributed by atoms with Gasteiger partial charge in [0.25, 0.3) is 0 Å². The van der Waals surface area contributed by atoms with Crippen molar-refractivity contribution in [3.63, 3.8) is 0 Å². The quantitative estimate of drug-likeness (QED) is 0.834. The predicted molar refractivity (Wildman–Crippen MR) is 72.3 cm³/mol. The molecule has 2 rings (SSSR count). The highest BCUT2D eigenvalue weighted by Gasteiger charge is 2.11. The van der Waals surface area contributed by atoms with Gasteiger partial charge < -0.3 is 14.9 Å². The Labute approximate surface area is 123 Å². The van der Waals surface area contributed by atoms with Crippen molar-refractivity contribution in [2.24, 2.45) is 0 Å². The molecule has 2 aromatic rings. The van der Waals surface area contributed by atoms with Crippen LogP contribution in [0.3, 0.4) is 0 Å². The summed E-state index contributed by atoms with van der Waals surface area (Å²) < 4.78 is 4.85. The SMILES string of the molecule is O=C(O)c1cc(CNc2cc(Cl)c(Cl)cc2Cl)on1. The lowest BCUT2D eigenvalue weighted by Crippen LogP contribution is -1.99. The van der Waals surface area contributed by atoms with Gasteiger partial charge in [-0.2, -0.15) is 0 Å². The number of hydrogen-bond donors (Lipinski definition) is 2. The molecule has 0 amide bonds. The number of aromatic nitrogens is 1. The smallest absolute Gasteiger partial charge is 0.358 e. The van der Waals surface area contributed by atoms with Gasteiger partial charge in [-0.05, 0) is 12.1 Å². The number of carboxylic acid groups (broad SMARTS) is 1. The standard InChI is InChI=1S/C11H7Cl3N2O3/c12-6-2-8(14)9(3-7(6)13)15-4-5-1-10(11(17)18)16-19-5/h1-3,15H,4H2,(H,17,18). The summed E-state index contributed by atoms with van der Waals surface area (Å²) in [6, 6.07) is 4.40. The largest absolute Gasteiger partial charge is 0.476 e. The van der Waals surface area contributed by atoms with Crippen LogP contribution in [-0.4, -0.2) is 16.2 Å². The summed E-state index contributed by atoms with van der Waals surface area (Å²) in [4.78, 5) is 10.6. The van der Waals surface area contributed by atoms with E-state index in [1.165, 1.54) is 12.1 Å². The second kappa shape index (κ2) is 5.69. The molecule has 0 aliphatic carbocycles.